The fourth-order valence-electron chi connectivity index (χ4n) is 3.35. The van der Waals surface area contributed by atoms with Crippen molar-refractivity contribution in [1.29, 1.82) is 0 Å². The molecule has 0 spiro atoms. The van der Waals surface area contributed by atoms with E-state index in [-0.39, 0.29) is 17.1 Å². The van der Waals surface area contributed by atoms with E-state index in [0.29, 0.717) is 28.0 Å². The Morgan fingerprint density at radius 1 is 0.875 bits per heavy atom. The minimum atomic E-state index is -0.666. The van der Waals surface area contributed by atoms with Crippen LogP contribution in [0.5, 0.6) is 17.2 Å². The fraction of sp³-hybridized carbons (Fsp3) is 0.154. The van der Waals surface area contributed by atoms with Crippen molar-refractivity contribution in [2.75, 3.05) is 14.2 Å². The first-order valence-corrected chi connectivity index (χ1v) is 10.1. The summed E-state index contributed by atoms with van der Waals surface area (Å²) in [5.41, 5.74) is 1.86. The largest absolute Gasteiger partial charge is 0.497 e. The summed E-state index contributed by atoms with van der Waals surface area (Å²) in [5, 5.41) is 0.360. The Labute approximate surface area is 185 Å². The third kappa shape index (κ3) is 4.07. The lowest BCUT2D eigenvalue weighted by Gasteiger charge is -2.12. The van der Waals surface area contributed by atoms with Crippen LogP contribution in [0.2, 0.25) is 0 Å². The van der Waals surface area contributed by atoms with E-state index in [1.54, 1.807) is 74.9 Å². The van der Waals surface area contributed by atoms with Gasteiger partial charge < -0.3 is 18.6 Å². The van der Waals surface area contributed by atoms with Gasteiger partial charge in [0.2, 0.25) is 11.2 Å². The van der Waals surface area contributed by atoms with Crippen LogP contribution in [0.25, 0.3) is 22.3 Å². The molecule has 0 radical (unpaired) electrons. The quantitative estimate of drug-likeness (QED) is 0.389. The first-order valence-electron chi connectivity index (χ1n) is 10.1. The molecular formula is C26H22O6. The molecule has 0 fully saturated rings. The number of hydrogen-bond acceptors (Lipinski definition) is 6. The molecule has 0 aliphatic heterocycles. The van der Waals surface area contributed by atoms with E-state index < -0.39 is 11.4 Å². The smallest absolute Gasteiger partial charge is 0.343 e. The van der Waals surface area contributed by atoms with Crippen LogP contribution in [0, 0.1) is 0 Å². The number of aryl methyl sites for hydroxylation is 1. The molecule has 32 heavy (non-hydrogen) atoms. The molecule has 162 valence electrons. The summed E-state index contributed by atoms with van der Waals surface area (Å²) < 4.78 is 22.0. The zero-order valence-corrected chi connectivity index (χ0v) is 18.0. The van der Waals surface area contributed by atoms with Crippen molar-refractivity contribution in [2.45, 2.75) is 13.3 Å². The molecule has 0 N–H and O–H groups in total. The van der Waals surface area contributed by atoms with Crippen LogP contribution in [0.15, 0.2) is 75.9 Å². The van der Waals surface area contributed by atoms with Crippen molar-refractivity contribution >= 4 is 16.9 Å². The number of fused-ring (bicyclic) bond motifs is 1. The topological polar surface area (TPSA) is 75.0 Å². The molecule has 6 nitrogen and oxygen atoms in total. The standard InChI is InChI=1S/C26H22O6/c1-4-16-5-14-22-21(15-16)23(27)25(24(31-22)17-6-10-19(29-2)11-7-17)32-26(28)18-8-12-20(30-3)13-9-18/h5-15H,4H2,1-3H3. The average molecular weight is 430 g/mol. The Kier molecular flexibility index (Phi) is 5.94. The van der Waals surface area contributed by atoms with Gasteiger partial charge in [0, 0.05) is 5.56 Å². The molecule has 0 aliphatic rings. The molecule has 0 unspecified atom stereocenters. The second-order valence-corrected chi connectivity index (χ2v) is 7.12. The van der Waals surface area contributed by atoms with Crippen molar-refractivity contribution in [1.82, 2.24) is 0 Å². The molecule has 0 bridgehead atoms. The van der Waals surface area contributed by atoms with Crippen molar-refractivity contribution < 1.29 is 23.4 Å². The number of rotatable bonds is 6. The molecule has 3 aromatic carbocycles. The van der Waals surface area contributed by atoms with Gasteiger partial charge in [0.05, 0.1) is 25.2 Å². The molecule has 1 heterocycles. The number of carbonyl (C=O) groups excluding carboxylic acids is 1. The number of benzene rings is 3. The first-order chi connectivity index (χ1) is 15.5. The molecule has 0 amide bonds. The molecule has 0 saturated heterocycles. The van der Waals surface area contributed by atoms with E-state index >= 15 is 0 Å². The summed E-state index contributed by atoms with van der Waals surface area (Å²) in [6, 6.07) is 18.9. The minimum absolute atomic E-state index is 0.156. The highest BCUT2D eigenvalue weighted by Gasteiger charge is 2.21. The van der Waals surface area contributed by atoms with Gasteiger partial charge in [-0.1, -0.05) is 13.0 Å². The van der Waals surface area contributed by atoms with Crippen molar-refractivity contribution in [2.24, 2.45) is 0 Å². The van der Waals surface area contributed by atoms with Gasteiger partial charge in [-0.2, -0.15) is 0 Å². The number of ether oxygens (including phenoxy) is 3. The normalized spacial score (nSPS) is 10.7. The van der Waals surface area contributed by atoms with Gasteiger partial charge in [-0.15, -0.1) is 0 Å². The first kappa shape index (κ1) is 21.2. The maximum absolute atomic E-state index is 13.4. The maximum atomic E-state index is 13.4. The number of methoxy groups -OCH3 is 2. The van der Waals surface area contributed by atoms with Crippen LogP contribution in [0.1, 0.15) is 22.8 Å². The zero-order chi connectivity index (χ0) is 22.7. The van der Waals surface area contributed by atoms with E-state index in [9.17, 15) is 9.59 Å². The van der Waals surface area contributed by atoms with Crippen LogP contribution in [0.4, 0.5) is 0 Å². The summed E-state index contributed by atoms with van der Waals surface area (Å²) in [7, 11) is 3.11. The summed E-state index contributed by atoms with van der Waals surface area (Å²) in [4.78, 5) is 26.2. The van der Waals surface area contributed by atoms with Crippen molar-refractivity contribution in [3.8, 4) is 28.6 Å². The molecule has 1 aromatic heterocycles. The highest BCUT2D eigenvalue weighted by atomic mass is 16.5. The van der Waals surface area contributed by atoms with Crippen LogP contribution >= 0.6 is 0 Å². The predicted molar refractivity (Wildman–Crippen MR) is 122 cm³/mol. The highest BCUT2D eigenvalue weighted by molar-refractivity contribution is 5.93. The molecule has 0 atom stereocenters. The second-order valence-electron chi connectivity index (χ2n) is 7.12. The number of carbonyl (C=O) groups is 1. The van der Waals surface area contributed by atoms with Gasteiger partial charge in [0.1, 0.15) is 17.1 Å². The van der Waals surface area contributed by atoms with Gasteiger partial charge in [0.25, 0.3) is 0 Å². The van der Waals surface area contributed by atoms with Crippen molar-refractivity contribution in [3.63, 3.8) is 0 Å². The summed E-state index contributed by atoms with van der Waals surface area (Å²) >= 11 is 0. The molecule has 4 aromatic rings. The SMILES string of the molecule is CCc1ccc2oc(-c3ccc(OC)cc3)c(OC(=O)c3ccc(OC)cc3)c(=O)c2c1. The van der Waals surface area contributed by atoms with E-state index in [4.69, 9.17) is 18.6 Å². The van der Waals surface area contributed by atoms with E-state index in [1.807, 2.05) is 13.0 Å². The Balaban J connectivity index is 1.85. The molecular weight excluding hydrogens is 408 g/mol. The Bertz CT molecular complexity index is 1320. The maximum Gasteiger partial charge on any atom is 0.343 e. The van der Waals surface area contributed by atoms with Gasteiger partial charge in [0.15, 0.2) is 5.76 Å². The fourth-order valence-corrected chi connectivity index (χ4v) is 3.35. The molecule has 0 aliphatic carbocycles. The van der Waals surface area contributed by atoms with E-state index in [0.717, 1.165) is 12.0 Å². The van der Waals surface area contributed by atoms with E-state index in [2.05, 4.69) is 0 Å². The third-order valence-electron chi connectivity index (χ3n) is 5.19. The Morgan fingerprint density at radius 2 is 1.50 bits per heavy atom. The highest BCUT2D eigenvalue weighted by Crippen LogP contribution is 2.33. The van der Waals surface area contributed by atoms with Gasteiger partial charge in [-0.25, -0.2) is 4.79 Å². The average Bonchev–Trinajstić information content (AvgIpc) is 2.85. The lowest BCUT2D eigenvalue weighted by Crippen LogP contribution is -2.16. The Morgan fingerprint density at radius 3 is 2.09 bits per heavy atom. The zero-order valence-electron chi connectivity index (χ0n) is 18.0. The second kappa shape index (κ2) is 8.98. The number of hydrogen-bond donors (Lipinski definition) is 0. The van der Waals surface area contributed by atoms with Crippen LogP contribution in [0.3, 0.4) is 0 Å². The Hall–Kier alpha value is -4.06. The van der Waals surface area contributed by atoms with Crippen LogP contribution in [-0.2, 0) is 6.42 Å². The lowest BCUT2D eigenvalue weighted by molar-refractivity contribution is 0.0731. The molecule has 4 rings (SSSR count). The summed E-state index contributed by atoms with van der Waals surface area (Å²) in [5.74, 6) is 0.618. The molecule has 6 heteroatoms. The predicted octanol–water partition coefficient (Wildman–Crippen LogP) is 5.26. The number of esters is 1. The molecule has 0 saturated carbocycles. The van der Waals surface area contributed by atoms with Crippen molar-refractivity contribution in [3.05, 3.63) is 88.1 Å². The monoisotopic (exact) mass is 430 g/mol. The van der Waals surface area contributed by atoms with Crippen LogP contribution < -0.4 is 19.6 Å². The summed E-state index contributed by atoms with van der Waals surface area (Å²) in [6.07, 6.45) is 0.760. The third-order valence-corrected chi connectivity index (χ3v) is 5.19. The minimum Gasteiger partial charge on any atom is -0.497 e. The van der Waals surface area contributed by atoms with Crippen LogP contribution in [-0.4, -0.2) is 20.2 Å². The lowest BCUT2D eigenvalue weighted by atomic mass is 10.1. The van der Waals surface area contributed by atoms with Gasteiger partial charge >= 0.3 is 5.97 Å². The summed E-state index contributed by atoms with van der Waals surface area (Å²) in [6.45, 7) is 2.00. The van der Waals surface area contributed by atoms with Gasteiger partial charge in [-0.3, -0.25) is 4.79 Å². The van der Waals surface area contributed by atoms with Gasteiger partial charge in [-0.05, 0) is 72.6 Å². The van der Waals surface area contributed by atoms with E-state index in [1.165, 1.54) is 0 Å².